The van der Waals surface area contributed by atoms with Crippen molar-refractivity contribution in [3.63, 3.8) is 0 Å². The van der Waals surface area contributed by atoms with Crippen LogP contribution in [-0.4, -0.2) is 44.3 Å². The van der Waals surface area contributed by atoms with Gasteiger partial charge in [0.05, 0.1) is 10.6 Å². The van der Waals surface area contributed by atoms with Crippen LogP contribution in [0, 0.1) is 12.7 Å². The van der Waals surface area contributed by atoms with Gasteiger partial charge in [-0.3, -0.25) is 13.9 Å². The normalized spacial score (nSPS) is 11.9. The van der Waals surface area contributed by atoms with Crippen molar-refractivity contribution >= 4 is 50.7 Å². The number of halogens is 3. The van der Waals surface area contributed by atoms with Gasteiger partial charge in [-0.1, -0.05) is 89.4 Å². The molecule has 11 heteroatoms. The van der Waals surface area contributed by atoms with Gasteiger partial charge in [0.1, 0.15) is 18.4 Å². The number of aryl methyl sites for hydroxylation is 1. The molecule has 4 aromatic carbocycles. The number of nitrogens with zero attached hydrogens (tertiary/aromatic N) is 2. The van der Waals surface area contributed by atoms with Gasteiger partial charge in [0.2, 0.25) is 11.8 Å². The first-order valence-corrected chi connectivity index (χ1v) is 16.1. The van der Waals surface area contributed by atoms with E-state index in [1.807, 2.05) is 30.3 Å². The number of carbonyl (C=O) groups excluding carboxylic acids is 2. The lowest BCUT2D eigenvalue weighted by molar-refractivity contribution is -0.140. The van der Waals surface area contributed by atoms with Crippen LogP contribution in [0.15, 0.2) is 102 Å². The van der Waals surface area contributed by atoms with Crippen LogP contribution in [0.4, 0.5) is 10.1 Å². The molecule has 7 nitrogen and oxygen atoms in total. The molecule has 2 amide bonds. The van der Waals surface area contributed by atoms with Crippen molar-refractivity contribution in [1.82, 2.24) is 10.2 Å². The Morgan fingerprint density at radius 3 is 2.09 bits per heavy atom. The Morgan fingerprint density at radius 1 is 0.864 bits per heavy atom. The minimum Gasteiger partial charge on any atom is -0.355 e. The Kier molecular flexibility index (Phi) is 11.0. The van der Waals surface area contributed by atoms with Gasteiger partial charge in [-0.25, -0.2) is 12.8 Å². The molecule has 1 atom stereocenters. The number of amides is 2. The van der Waals surface area contributed by atoms with Crippen LogP contribution in [-0.2, 0) is 32.6 Å². The number of rotatable bonds is 12. The van der Waals surface area contributed by atoms with E-state index < -0.39 is 40.2 Å². The zero-order valence-corrected chi connectivity index (χ0v) is 26.5. The third-order valence-corrected chi connectivity index (χ3v) is 9.50. The molecule has 0 aliphatic rings. The van der Waals surface area contributed by atoms with Crippen molar-refractivity contribution in [3.8, 4) is 0 Å². The number of nitrogens with one attached hydrogen (secondary N) is 1. The smallest absolute Gasteiger partial charge is 0.264 e. The maximum absolute atomic E-state index is 15.2. The fourth-order valence-electron chi connectivity index (χ4n) is 4.70. The van der Waals surface area contributed by atoms with E-state index in [0.717, 1.165) is 21.5 Å². The molecule has 1 N–H and O–H groups in total. The summed E-state index contributed by atoms with van der Waals surface area (Å²) in [6.45, 7) is 2.84. The lowest BCUT2D eigenvalue weighted by Gasteiger charge is -2.34. The zero-order chi connectivity index (χ0) is 31.9. The molecule has 44 heavy (non-hydrogen) atoms. The summed E-state index contributed by atoms with van der Waals surface area (Å²) in [5.74, 6) is -2.04. The summed E-state index contributed by atoms with van der Waals surface area (Å²) in [4.78, 5) is 29.1. The highest BCUT2D eigenvalue weighted by molar-refractivity contribution is 7.92. The predicted octanol–water partition coefficient (Wildman–Crippen LogP) is 6.41. The van der Waals surface area contributed by atoms with Gasteiger partial charge in [0, 0.05) is 35.1 Å². The summed E-state index contributed by atoms with van der Waals surface area (Å²) in [5, 5.41) is 3.31. The summed E-state index contributed by atoms with van der Waals surface area (Å²) < 4.78 is 43.9. The number of hydrogen-bond acceptors (Lipinski definition) is 4. The highest BCUT2D eigenvalue weighted by Crippen LogP contribution is 2.30. The molecule has 230 valence electrons. The number of carbonyl (C=O) groups is 2. The maximum atomic E-state index is 15.2. The standard InChI is InChI=1S/C33H32Cl2FN3O4S/c1-3-37-33(41)31(20-24-10-5-4-6-11-24)38(21-26-27(34)12-9-13-28(26)35)32(40)22-39(30-15-8-7-14-29(30)36)44(42,43)25-18-16-23(2)17-19-25/h4-19,31H,3,20-22H2,1-2H3,(H,37,41)/t31-/m0/s1. The summed E-state index contributed by atoms with van der Waals surface area (Å²) in [6.07, 6.45) is 0.116. The third kappa shape index (κ3) is 7.77. The monoisotopic (exact) mass is 655 g/mol. The first-order chi connectivity index (χ1) is 21.0. The predicted molar refractivity (Wildman–Crippen MR) is 172 cm³/mol. The molecule has 0 saturated heterocycles. The Labute approximate surface area is 267 Å². The highest BCUT2D eigenvalue weighted by Gasteiger charge is 2.35. The molecule has 0 fully saturated rings. The van der Waals surface area contributed by atoms with Gasteiger partial charge >= 0.3 is 0 Å². The number of anilines is 1. The van der Waals surface area contributed by atoms with E-state index in [9.17, 15) is 18.0 Å². The van der Waals surface area contributed by atoms with Gasteiger partial charge in [-0.15, -0.1) is 0 Å². The minimum absolute atomic E-state index is 0.116. The van der Waals surface area contributed by atoms with E-state index in [1.165, 1.54) is 35.2 Å². The fraction of sp³-hybridized carbons (Fsp3) is 0.212. The van der Waals surface area contributed by atoms with E-state index in [1.54, 1.807) is 44.2 Å². The number of hydrogen-bond donors (Lipinski definition) is 1. The quantitative estimate of drug-likeness (QED) is 0.191. The molecule has 0 saturated carbocycles. The van der Waals surface area contributed by atoms with Gasteiger partial charge in [-0.2, -0.15) is 0 Å². The Bertz CT molecular complexity index is 1700. The average molecular weight is 657 g/mol. The summed E-state index contributed by atoms with van der Waals surface area (Å²) in [5.41, 5.74) is 1.66. The van der Waals surface area contributed by atoms with E-state index in [4.69, 9.17) is 23.2 Å². The largest absolute Gasteiger partial charge is 0.355 e. The second kappa shape index (κ2) is 14.7. The van der Waals surface area contributed by atoms with E-state index in [-0.39, 0.29) is 33.6 Å². The number of para-hydroxylation sites is 1. The van der Waals surface area contributed by atoms with Crippen LogP contribution >= 0.6 is 23.2 Å². The molecule has 0 aliphatic carbocycles. The van der Waals surface area contributed by atoms with E-state index in [2.05, 4.69) is 5.32 Å². The van der Waals surface area contributed by atoms with Gasteiger partial charge in [0.25, 0.3) is 10.0 Å². The molecule has 0 aliphatic heterocycles. The Morgan fingerprint density at radius 2 is 1.48 bits per heavy atom. The molecule has 0 heterocycles. The van der Waals surface area contributed by atoms with Crippen LogP contribution in [0.25, 0.3) is 0 Å². The van der Waals surface area contributed by atoms with Crippen molar-refractivity contribution in [3.05, 3.63) is 130 Å². The Balaban J connectivity index is 1.84. The average Bonchev–Trinajstić information content (AvgIpc) is 3.00. The van der Waals surface area contributed by atoms with Crippen LogP contribution in [0.5, 0.6) is 0 Å². The first kappa shape index (κ1) is 33.0. The van der Waals surface area contributed by atoms with Crippen molar-refractivity contribution in [2.75, 3.05) is 17.4 Å². The Hall–Kier alpha value is -3.92. The zero-order valence-electron chi connectivity index (χ0n) is 24.2. The molecule has 4 aromatic rings. The summed E-state index contributed by atoms with van der Waals surface area (Å²) in [7, 11) is -4.43. The van der Waals surface area contributed by atoms with Crippen molar-refractivity contribution in [2.45, 2.75) is 37.8 Å². The first-order valence-electron chi connectivity index (χ1n) is 13.9. The second-order valence-corrected chi connectivity index (χ2v) is 12.8. The molecular formula is C33H32Cl2FN3O4S. The van der Waals surface area contributed by atoms with Crippen LogP contribution < -0.4 is 9.62 Å². The minimum atomic E-state index is -4.43. The maximum Gasteiger partial charge on any atom is 0.264 e. The molecule has 0 aromatic heterocycles. The molecule has 0 bridgehead atoms. The lowest BCUT2D eigenvalue weighted by Crippen LogP contribution is -2.53. The van der Waals surface area contributed by atoms with Gasteiger partial charge < -0.3 is 10.2 Å². The van der Waals surface area contributed by atoms with Crippen molar-refractivity contribution < 1.29 is 22.4 Å². The van der Waals surface area contributed by atoms with Gasteiger partial charge in [0.15, 0.2) is 0 Å². The summed E-state index contributed by atoms with van der Waals surface area (Å²) in [6, 6.07) is 24.2. The van der Waals surface area contributed by atoms with Crippen LogP contribution in [0.3, 0.4) is 0 Å². The fourth-order valence-corrected chi connectivity index (χ4v) is 6.64. The second-order valence-electron chi connectivity index (χ2n) is 10.1. The highest BCUT2D eigenvalue weighted by atomic mass is 35.5. The molecular weight excluding hydrogens is 624 g/mol. The number of sulfonamides is 1. The molecule has 0 spiro atoms. The van der Waals surface area contributed by atoms with Crippen molar-refractivity contribution in [1.29, 1.82) is 0 Å². The van der Waals surface area contributed by atoms with Gasteiger partial charge in [-0.05, 0) is 55.8 Å². The van der Waals surface area contributed by atoms with Crippen LogP contribution in [0.1, 0.15) is 23.6 Å². The number of likely N-dealkylation sites (N-methyl/N-ethyl adjacent to an activating group) is 1. The lowest BCUT2D eigenvalue weighted by atomic mass is 10.0. The van der Waals surface area contributed by atoms with E-state index in [0.29, 0.717) is 12.1 Å². The topological polar surface area (TPSA) is 86.8 Å². The SMILES string of the molecule is CCNC(=O)[C@H](Cc1ccccc1)N(Cc1c(Cl)cccc1Cl)C(=O)CN(c1ccccc1F)S(=O)(=O)c1ccc(C)cc1. The molecule has 0 radical (unpaired) electrons. The molecule has 0 unspecified atom stereocenters. The van der Waals surface area contributed by atoms with Crippen LogP contribution in [0.2, 0.25) is 10.0 Å². The molecule has 4 rings (SSSR count). The van der Waals surface area contributed by atoms with Crippen molar-refractivity contribution in [2.24, 2.45) is 0 Å². The third-order valence-electron chi connectivity index (χ3n) is 7.02. The van der Waals surface area contributed by atoms with E-state index >= 15 is 4.39 Å². The summed E-state index contributed by atoms with van der Waals surface area (Å²) >= 11 is 13.0. The number of benzene rings is 4.